The van der Waals surface area contributed by atoms with Gasteiger partial charge in [-0.25, -0.2) is 0 Å². The lowest BCUT2D eigenvalue weighted by atomic mass is 9.73. The van der Waals surface area contributed by atoms with Crippen LogP contribution in [0, 0.1) is 50.7 Å². The molecule has 9 heteroatoms. The monoisotopic (exact) mass is 724 g/mol. The van der Waals surface area contributed by atoms with Gasteiger partial charge < -0.3 is 15.1 Å². The maximum absolute atomic E-state index is 15.1. The summed E-state index contributed by atoms with van der Waals surface area (Å²) in [4.78, 5) is 87.7. The summed E-state index contributed by atoms with van der Waals surface area (Å²) >= 11 is 0. The molecule has 5 fully saturated rings. The van der Waals surface area contributed by atoms with Gasteiger partial charge in [-0.05, 0) is 92.5 Å². The van der Waals surface area contributed by atoms with Gasteiger partial charge >= 0.3 is 0 Å². The van der Waals surface area contributed by atoms with Gasteiger partial charge in [0, 0.05) is 49.6 Å². The van der Waals surface area contributed by atoms with E-state index >= 15 is 4.79 Å². The van der Waals surface area contributed by atoms with Crippen LogP contribution in [0.4, 0.5) is 0 Å². The van der Waals surface area contributed by atoms with E-state index in [4.69, 9.17) is 0 Å². The maximum Gasteiger partial charge on any atom is 0.227 e. The van der Waals surface area contributed by atoms with Gasteiger partial charge in [0.15, 0.2) is 17.3 Å². The van der Waals surface area contributed by atoms with Crippen molar-refractivity contribution < 1.29 is 28.8 Å². The molecule has 1 N–H and O–H groups in total. The minimum Gasteiger partial charge on any atom is -0.345 e. The highest BCUT2D eigenvalue weighted by atomic mass is 16.2. The first-order valence-corrected chi connectivity index (χ1v) is 20.5. The molecule has 2 aliphatic heterocycles. The molecule has 52 heavy (non-hydrogen) atoms. The first-order chi connectivity index (χ1) is 24.1. The molecular formula is C43H69N3O6. The van der Waals surface area contributed by atoms with Crippen molar-refractivity contribution in [3.63, 3.8) is 0 Å². The van der Waals surface area contributed by atoms with Crippen LogP contribution in [0.1, 0.15) is 146 Å². The Morgan fingerprint density at radius 1 is 0.865 bits per heavy atom. The summed E-state index contributed by atoms with van der Waals surface area (Å²) in [6.45, 7) is 20.4. The van der Waals surface area contributed by atoms with Gasteiger partial charge in [0.2, 0.25) is 17.6 Å². The molecule has 3 saturated carbocycles. The number of nitrogens with zero attached hydrogens (tertiary/aromatic N) is 2. The summed E-state index contributed by atoms with van der Waals surface area (Å²) in [5.41, 5.74) is -1.30. The number of ketones is 4. The standard InChI is InChI=1S/C43H69N3O6/c1-11-14-28(35(50)33(48)21-27-16-17-27)22-32(47)31-24-43(41(8,9)42(43)18-13-19-42)26-46(31)38(52)30(39(2,3)4)23-34(49)36(40(5,6)7)44-37(51)29-15-12-20-45(10)25-29/h27-31,36H,11-26H2,1-10H3,(H,44,51)/t28-,29+,30-,31+,36-,43-/m1/s1. The second-order valence-electron chi connectivity index (χ2n) is 20.4. The molecule has 2 spiro atoms. The zero-order valence-corrected chi connectivity index (χ0v) is 34.1. The molecule has 6 atom stereocenters. The zero-order valence-electron chi connectivity index (χ0n) is 34.1. The predicted octanol–water partition coefficient (Wildman–Crippen LogP) is 6.59. The van der Waals surface area contributed by atoms with E-state index in [-0.39, 0.29) is 70.6 Å². The maximum atomic E-state index is 15.1. The number of nitrogens with one attached hydrogen (secondary N) is 1. The van der Waals surface area contributed by atoms with E-state index < -0.39 is 40.5 Å². The molecule has 292 valence electrons. The van der Waals surface area contributed by atoms with E-state index in [0.29, 0.717) is 38.3 Å². The number of carbonyl (C=O) groups excluding carboxylic acids is 6. The Kier molecular flexibility index (Phi) is 11.5. The molecule has 0 aromatic rings. The van der Waals surface area contributed by atoms with Crippen LogP contribution in [0.5, 0.6) is 0 Å². The smallest absolute Gasteiger partial charge is 0.227 e. The fraction of sp³-hybridized carbons (Fsp3) is 0.860. The Morgan fingerprint density at radius 2 is 1.52 bits per heavy atom. The lowest BCUT2D eigenvalue weighted by molar-refractivity contribution is -0.147. The Labute approximate surface area is 313 Å². The highest BCUT2D eigenvalue weighted by molar-refractivity contribution is 6.38. The van der Waals surface area contributed by atoms with Crippen molar-refractivity contribution in [3.8, 4) is 0 Å². The van der Waals surface area contributed by atoms with Crippen LogP contribution in [-0.2, 0) is 28.8 Å². The van der Waals surface area contributed by atoms with Crippen LogP contribution in [-0.4, -0.2) is 83.5 Å². The number of carbonyl (C=O) groups is 6. The summed E-state index contributed by atoms with van der Waals surface area (Å²) < 4.78 is 0. The molecule has 0 aromatic carbocycles. The van der Waals surface area contributed by atoms with E-state index in [0.717, 1.165) is 51.5 Å². The topological polar surface area (TPSA) is 121 Å². The second kappa shape index (κ2) is 14.7. The van der Waals surface area contributed by atoms with Gasteiger partial charge in [-0.1, -0.05) is 75.2 Å². The molecule has 9 nitrogen and oxygen atoms in total. The normalized spacial score (nSPS) is 28.5. The van der Waals surface area contributed by atoms with Crippen LogP contribution in [0.2, 0.25) is 0 Å². The molecule has 2 amide bonds. The third-order valence-electron chi connectivity index (χ3n) is 14.6. The van der Waals surface area contributed by atoms with E-state index in [1.165, 1.54) is 0 Å². The Morgan fingerprint density at radius 3 is 2.02 bits per heavy atom. The SMILES string of the molecule is CCC[C@H](CC(=O)[C@@H]1C[C@@]2(CN1C(=O)[C@@H](CC(=O)[C@@H](NC(=O)[C@H]1CCCN(C)C1)C(C)(C)C)C(C)(C)C)C(C)(C)C21CCC1)C(=O)C(=O)CC1CC1. The molecule has 5 rings (SSSR count). The van der Waals surface area contributed by atoms with E-state index in [1.54, 1.807) is 4.90 Å². The molecule has 3 aliphatic carbocycles. The minimum absolute atomic E-state index is 0.0331. The van der Waals surface area contributed by atoms with Crippen molar-refractivity contribution in [2.45, 2.75) is 158 Å². The van der Waals surface area contributed by atoms with Gasteiger partial charge in [0.25, 0.3) is 0 Å². The van der Waals surface area contributed by atoms with Crippen molar-refractivity contribution in [2.24, 2.45) is 50.7 Å². The first kappa shape index (κ1) is 40.8. The van der Waals surface area contributed by atoms with Gasteiger partial charge in [-0.15, -0.1) is 0 Å². The van der Waals surface area contributed by atoms with Gasteiger partial charge in [0.05, 0.1) is 18.0 Å². The highest BCUT2D eigenvalue weighted by Crippen LogP contribution is 2.88. The van der Waals surface area contributed by atoms with Crippen molar-refractivity contribution >= 4 is 34.9 Å². The predicted molar refractivity (Wildman–Crippen MR) is 202 cm³/mol. The number of rotatable bonds is 15. The van der Waals surface area contributed by atoms with E-state index in [1.807, 2.05) is 55.5 Å². The Balaban J connectivity index is 1.40. The van der Waals surface area contributed by atoms with Crippen molar-refractivity contribution in [1.29, 1.82) is 0 Å². The number of amides is 2. The quantitative estimate of drug-likeness (QED) is 0.189. The molecule has 5 aliphatic rings. The van der Waals surface area contributed by atoms with Crippen molar-refractivity contribution in [1.82, 2.24) is 15.1 Å². The summed E-state index contributed by atoms with van der Waals surface area (Å²) in [6, 6.07) is -1.46. The molecular weight excluding hydrogens is 654 g/mol. The third kappa shape index (κ3) is 7.60. The third-order valence-corrected chi connectivity index (χ3v) is 14.6. The summed E-state index contributed by atoms with van der Waals surface area (Å²) in [5, 5.41) is 3.11. The highest BCUT2D eigenvalue weighted by Gasteiger charge is 2.85. The largest absolute Gasteiger partial charge is 0.345 e. The molecule has 2 heterocycles. The fourth-order valence-corrected chi connectivity index (χ4v) is 10.8. The average molecular weight is 724 g/mol. The number of Topliss-reactive ketones (excluding diaryl/α,β-unsaturated/α-hetero) is 4. The van der Waals surface area contributed by atoms with Gasteiger partial charge in [-0.3, -0.25) is 28.8 Å². The average Bonchev–Trinajstić information content (AvgIpc) is 3.85. The number of likely N-dealkylation sites (tertiary alicyclic amines) is 2. The van der Waals surface area contributed by atoms with Crippen LogP contribution >= 0.6 is 0 Å². The van der Waals surface area contributed by atoms with E-state index in [9.17, 15) is 24.0 Å². The van der Waals surface area contributed by atoms with Crippen molar-refractivity contribution in [3.05, 3.63) is 0 Å². The number of hydrogen-bond donors (Lipinski definition) is 1. The number of piperidine rings is 1. The minimum atomic E-state index is -0.762. The first-order valence-electron chi connectivity index (χ1n) is 20.5. The Hall–Kier alpha value is -2.42. The molecule has 0 unspecified atom stereocenters. The Bertz CT molecular complexity index is 1430. The summed E-state index contributed by atoms with van der Waals surface area (Å²) in [7, 11) is 2.01. The molecule has 2 saturated heterocycles. The lowest BCUT2D eigenvalue weighted by Gasteiger charge is -2.38. The van der Waals surface area contributed by atoms with Crippen LogP contribution in [0.15, 0.2) is 0 Å². The zero-order chi connectivity index (χ0) is 38.6. The molecule has 0 radical (unpaired) electrons. The van der Waals surface area contributed by atoms with Gasteiger partial charge in [-0.2, -0.15) is 0 Å². The second-order valence-corrected chi connectivity index (χ2v) is 20.4. The van der Waals surface area contributed by atoms with E-state index in [2.05, 4.69) is 24.1 Å². The van der Waals surface area contributed by atoms with Crippen LogP contribution < -0.4 is 5.32 Å². The number of hydrogen-bond acceptors (Lipinski definition) is 7. The fourth-order valence-electron chi connectivity index (χ4n) is 10.8. The molecule has 0 aromatic heterocycles. The van der Waals surface area contributed by atoms with Gasteiger partial charge in [0.1, 0.15) is 0 Å². The lowest BCUT2D eigenvalue weighted by Crippen LogP contribution is -2.54. The van der Waals surface area contributed by atoms with Crippen LogP contribution in [0.25, 0.3) is 0 Å². The summed E-state index contributed by atoms with van der Waals surface area (Å²) in [6.07, 6.45) is 8.91. The summed E-state index contributed by atoms with van der Waals surface area (Å²) in [5.74, 6) is -2.65. The van der Waals surface area contributed by atoms with Crippen LogP contribution in [0.3, 0.4) is 0 Å². The van der Waals surface area contributed by atoms with Crippen molar-refractivity contribution in [2.75, 3.05) is 26.7 Å². The molecule has 0 bridgehead atoms. The number of fused-ring (bicyclic) bond motifs is 1.